The van der Waals surface area contributed by atoms with E-state index in [2.05, 4.69) is 4.83 Å². The molecule has 0 unspecified atom stereocenters. The van der Waals surface area contributed by atoms with Crippen molar-refractivity contribution in [1.82, 2.24) is 4.83 Å². The van der Waals surface area contributed by atoms with Gasteiger partial charge in [-0.15, -0.1) is 4.83 Å². The summed E-state index contributed by atoms with van der Waals surface area (Å²) in [5, 5.41) is 1.60. The Morgan fingerprint density at radius 3 is 2.53 bits per heavy atom. The minimum atomic E-state index is -3.22. The topological polar surface area (TPSA) is 49.4 Å². The molecule has 0 amide bonds. The van der Waals surface area contributed by atoms with Crippen LogP contribution in [-0.4, -0.2) is 21.2 Å². The van der Waals surface area contributed by atoms with Crippen molar-refractivity contribution in [1.29, 1.82) is 0 Å². The smallest absolute Gasteiger partial charge is 0.225 e. The molecule has 0 aliphatic rings. The first-order valence-electron chi connectivity index (χ1n) is 4.74. The molecule has 0 radical (unpaired) electrons. The average molecular weight is 228 g/mol. The molecule has 0 aliphatic heterocycles. The number of nitrogens with zero attached hydrogens (tertiary/aromatic N) is 1. The highest BCUT2D eigenvalue weighted by Gasteiger charge is 2.09. The molecule has 0 aliphatic carbocycles. The van der Waals surface area contributed by atoms with Crippen molar-refractivity contribution >= 4 is 15.7 Å². The number of sulfonamides is 1. The van der Waals surface area contributed by atoms with Crippen LogP contribution >= 0.6 is 0 Å². The van der Waals surface area contributed by atoms with Crippen LogP contribution in [0.2, 0.25) is 0 Å². The summed E-state index contributed by atoms with van der Waals surface area (Å²) in [7, 11) is -3.22. The number of rotatable bonds is 4. The maximum absolute atomic E-state index is 11.1. The van der Waals surface area contributed by atoms with E-state index in [1.807, 2.05) is 38.1 Å². The second kappa shape index (κ2) is 4.63. The van der Waals surface area contributed by atoms with E-state index in [0.717, 1.165) is 17.5 Å². The summed E-state index contributed by atoms with van der Waals surface area (Å²) in [5.41, 5.74) is 1.95. The van der Waals surface area contributed by atoms with Crippen molar-refractivity contribution in [2.75, 3.05) is 17.8 Å². The van der Waals surface area contributed by atoms with Crippen molar-refractivity contribution in [3.63, 3.8) is 0 Å². The quantitative estimate of drug-likeness (QED) is 0.790. The summed E-state index contributed by atoms with van der Waals surface area (Å²) in [5.74, 6) is 0. The van der Waals surface area contributed by atoms with Crippen LogP contribution in [0, 0.1) is 6.92 Å². The zero-order chi connectivity index (χ0) is 11.5. The van der Waals surface area contributed by atoms with Gasteiger partial charge in [0, 0.05) is 6.54 Å². The van der Waals surface area contributed by atoms with Gasteiger partial charge in [-0.2, -0.15) is 0 Å². The normalized spacial score (nSPS) is 11.4. The van der Waals surface area contributed by atoms with Crippen LogP contribution in [0.5, 0.6) is 0 Å². The van der Waals surface area contributed by atoms with E-state index in [9.17, 15) is 8.42 Å². The molecule has 0 saturated heterocycles. The van der Waals surface area contributed by atoms with Gasteiger partial charge in [-0.05, 0) is 31.5 Å². The van der Waals surface area contributed by atoms with Crippen LogP contribution in [-0.2, 0) is 10.0 Å². The zero-order valence-corrected chi connectivity index (χ0v) is 10.0. The van der Waals surface area contributed by atoms with E-state index < -0.39 is 10.0 Å². The van der Waals surface area contributed by atoms with Gasteiger partial charge in [0.1, 0.15) is 0 Å². The standard InChI is InChI=1S/C10H16N2O2S/c1-4-12(11-15(3,13)14)10-7-5-6-9(2)8-10/h5-8,11H,4H2,1-3H3. The highest BCUT2D eigenvalue weighted by atomic mass is 32.2. The Hall–Kier alpha value is -1.07. The monoisotopic (exact) mass is 228 g/mol. The predicted octanol–water partition coefficient (Wildman–Crippen LogP) is 1.29. The predicted molar refractivity (Wildman–Crippen MR) is 62.2 cm³/mol. The SMILES string of the molecule is CCN(NS(C)(=O)=O)c1cccc(C)c1. The van der Waals surface area contributed by atoms with E-state index in [0.29, 0.717) is 6.54 Å². The van der Waals surface area contributed by atoms with Gasteiger partial charge in [-0.3, -0.25) is 5.01 Å². The number of anilines is 1. The van der Waals surface area contributed by atoms with Crippen molar-refractivity contribution < 1.29 is 8.42 Å². The number of benzene rings is 1. The molecule has 0 atom stereocenters. The second-order valence-corrected chi connectivity index (χ2v) is 5.17. The van der Waals surface area contributed by atoms with Crippen molar-refractivity contribution in [2.45, 2.75) is 13.8 Å². The molecule has 0 bridgehead atoms. The molecule has 0 heterocycles. The Morgan fingerprint density at radius 2 is 2.07 bits per heavy atom. The van der Waals surface area contributed by atoms with Gasteiger partial charge in [0.25, 0.3) is 0 Å². The Bertz CT molecular complexity index is 429. The molecule has 1 aromatic carbocycles. The molecule has 0 spiro atoms. The number of hydrogen-bond donors (Lipinski definition) is 1. The van der Waals surface area contributed by atoms with Crippen LogP contribution in [0.15, 0.2) is 24.3 Å². The molecular weight excluding hydrogens is 212 g/mol. The van der Waals surface area contributed by atoms with Crippen LogP contribution in [0.1, 0.15) is 12.5 Å². The third-order valence-electron chi connectivity index (χ3n) is 1.91. The maximum Gasteiger partial charge on any atom is 0.225 e. The fourth-order valence-corrected chi connectivity index (χ4v) is 1.93. The molecular formula is C10H16N2O2S. The zero-order valence-electron chi connectivity index (χ0n) is 9.19. The average Bonchev–Trinajstić information content (AvgIpc) is 2.13. The van der Waals surface area contributed by atoms with E-state index in [1.54, 1.807) is 5.01 Å². The van der Waals surface area contributed by atoms with Gasteiger partial charge in [0.2, 0.25) is 10.0 Å². The van der Waals surface area contributed by atoms with Gasteiger partial charge in [-0.1, -0.05) is 12.1 Å². The first kappa shape index (κ1) is 12.0. The fourth-order valence-electron chi connectivity index (χ4n) is 1.30. The summed E-state index contributed by atoms with van der Waals surface area (Å²) in [4.78, 5) is 2.45. The lowest BCUT2D eigenvalue weighted by Gasteiger charge is -2.22. The van der Waals surface area contributed by atoms with Crippen molar-refractivity contribution in [2.24, 2.45) is 0 Å². The van der Waals surface area contributed by atoms with E-state index >= 15 is 0 Å². The van der Waals surface area contributed by atoms with E-state index in [4.69, 9.17) is 0 Å². The summed E-state index contributed by atoms with van der Waals surface area (Å²) >= 11 is 0. The number of nitrogens with one attached hydrogen (secondary N) is 1. The first-order valence-corrected chi connectivity index (χ1v) is 6.63. The highest BCUT2D eigenvalue weighted by Crippen LogP contribution is 2.13. The number of hydrazine groups is 1. The molecule has 15 heavy (non-hydrogen) atoms. The van der Waals surface area contributed by atoms with Crippen molar-refractivity contribution in [3.05, 3.63) is 29.8 Å². The Labute approximate surface area is 90.9 Å². The molecule has 0 saturated carbocycles. The second-order valence-electron chi connectivity index (χ2n) is 3.45. The van der Waals surface area contributed by atoms with Gasteiger partial charge in [-0.25, -0.2) is 8.42 Å². The van der Waals surface area contributed by atoms with Crippen LogP contribution in [0.4, 0.5) is 5.69 Å². The summed E-state index contributed by atoms with van der Waals surface area (Å²) in [6.07, 6.45) is 1.14. The maximum atomic E-state index is 11.1. The molecule has 5 heteroatoms. The minimum absolute atomic E-state index is 0.580. The van der Waals surface area contributed by atoms with Crippen LogP contribution < -0.4 is 9.84 Å². The number of hydrogen-bond acceptors (Lipinski definition) is 3. The molecule has 1 aromatic rings. The lowest BCUT2D eigenvalue weighted by atomic mass is 10.2. The largest absolute Gasteiger partial charge is 0.295 e. The fraction of sp³-hybridized carbons (Fsp3) is 0.400. The molecule has 0 aromatic heterocycles. The van der Waals surface area contributed by atoms with Gasteiger partial charge >= 0.3 is 0 Å². The summed E-state index contributed by atoms with van der Waals surface area (Å²) in [6.45, 7) is 4.44. The Kier molecular flexibility index (Phi) is 3.71. The Morgan fingerprint density at radius 1 is 1.40 bits per heavy atom. The lowest BCUT2D eigenvalue weighted by molar-refractivity contribution is 0.583. The molecule has 84 valence electrons. The third kappa shape index (κ3) is 3.89. The molecule has 0 fully saturated rings. The molecule has 1 N–H and O–H groups in total. The van der Waals surface area contributed by atoms with Crippen LogP contribution in [0.25, 0.3) is 0 Å². The van der Waals surface area contributed by atoms with Crippen LogP contribution in [0.3, 0.4) is 0 Å². The number of aryl methyl sites for hydroxylation is 1. The molecule has 1 rings (SSSR count). The Balaban J connectivity index is 2.93. The van der Waals surface area contributed by atoms with Gasteiger partial charge < -0.3 is 0 Å². The lowest BCUT2D eigenvalue weighted by Crippen LogP contribution is -2.41. The third-order valence-corrected chi connectivity index (χ3v) is 2.46. The van der Waals surface area contributed by atoms with Crippen molar-refractivity contribution in [3.8, 4) is 0 Å². The highest BCUT2D eigenvalue weighted by molar-refractivity contribution is 7.88. The van der Waals surface area contributed by atoms with E-state index in [1.165, 1.54) is 0 Å². The van der Waals surface area contributed by atoms with Gasteiger partial charge in [0.15, 0.2) is 0 Å². The van der Waals surface area contributed by atoms with E-state index in [-0.39, 0.29) is 0 Å². The molecule has 4 nitrogen and oxygen atoms in total. The van der Waals surface area contributed by atoms with Gasteiger partial charge in [0.05, 0.1) is 11.9 Å². The summed E-state index contributed by atoms with van der Waals surface area (Å²) < 4.78 is 22.2. The summed E-state index contributed by atoms with van der Waals surface area (Å²) in [6, 6.07) is 7.67. The minimum Gasteiger partial charge on any atom is -0.295 e. The first-order chi connectivity index (χ1) is 6.92.